The zero-order valence-corrected chi connectivity index (χ0v) is 9.82. The van der Waals surface area contributed by atoms with Gasteiger partial charge in [-0.2, -0.15) is 4.98 Å². The molecule has 0 bridgehead atoms. The second-order valence-corrected chi connectivity index (χ2v) is 4.91. The van der Waals surface area contributed by atoms with Gasteiger partial charge in [-0.3, -0.25) is 0 Å². The number of hydrogen-bond acceptors (Lipinski definition) is 6. The third kappa shape index (κ3) is 1.63. The maximum absolute atomic E-state index is 9.48. The van der Waals surface area contributed by atoms with Crippen LogP contribution in [-0.2, 0) is 6.54 Å². The number of fused-ring (bicyclic) bond motifs is 1. The summed E-state index contributed by atoms with van der Waals surface area (Å²) in [6.45, 7) is 0.741. The summed E-state index contributed by atoms with van der Waals surface area (Å²) in [6, 6.07) is 0. The Morgan fingerprint density at radius 3 is 2.94 bits per heavy atom. The van der Waals surface area contributed by atoms with Crippen molar-refractivity contribution in [3.8, 4) is 0 Å². The van der Waals surface area contributed by atoms with Crippen LogP contribution in [0.4, 0.5) is 5.95 Å². The predicted octanol–water partition coefficient (Wildman–Crippen LogP) is -0.601. The Hall–Kier alpha value is -1.73. The molecule has 2 aromatic heterocycles. The van der Waals surface area contributed by atoms with Gasteiger partial charge in [0, 0.05) is 18.6 Å². The fourth-order valence-corrected chi connectivity index (χ4v) is 2.45. The Kier molecular flexibility index (Phi) is 2.46. The lowest BCUT2D eigenvalue weighted by Crippen LogP contribution is -2.19. The first kappa shape index (κ1) is 11.4. The Morgan fingerprint density at radius 1 is 1.44 bits per heavy atom. The molecule has 0 aromatic carbocycles. The van der Waals surface area contributed by atoms with E-state index in [0.29, 0.717) is 17.7 Å². The first-order chi connectivity index (χ1) is 8.68. The summed E-state index contributed by atoms with van der Waals surface area (Å²) in [5.41, 5.74) is 6.66. The Labute approximate surface area is 103 Å². The second-order valence-electron chi connectivity index (χ2n) is 4.91. The number of nitrogen functional groups attached to an aromatic ring is 1. The average molecular weight is 249 g/mol. The zero-order chi connectivity index (χ0) is 12.8. The molecule has 2 aromatic rings. The minimum Gasteiger partial charge on any atom is -0.396 e. The van der Waals surface area contributed by atoms with E-state index in [0.717, 1.165) is 6.42 Å². The van der Waals surface area contributed by atoms with E-state index in [-0.39, 0.29) is 30.5 Å². The zero-order valence-electron chi connectivity index (χ0n) is 9.82. The number of aliphatic hydroxyl groups is 2. The summed E-state index contributed by atoms with van der Waals surface area (Å²) in [6.07, 6.45) is 4.07. The Bertz CT molecular complexity index is 584. The summed E-state index contributed by atoms with van der Waals surface area (Å²) in [5.74, 6) is 0.357. The van der Waals surface area contributed by atoms with E-state index in [1.54, 1.807) is 12.5 Å². The largest absolute Gasteiger partial charge is 0.396 e. The molecule has 4 N–H and O–H groups in total. The van der Waals surface area contributed by atoms with Gasteiger partial charge in [0.05, 0.1) is 19.1 Å². The quantitative estimate of drug-likeness (QED) is 0.667. The highest BCUT2D eigenvalue weighted by Gasteiger charge is 2.53. The summed E-state index contributed by atoms with van der Waals surface area (Å²) < 4.78 is 1.86. The predicted molar refractivity (Wildman–Crippen MR) is 64.4 cm³/mol. The summed E-state index contributed by atoms with van der Waals surface area (Å²) >= 11 is 0. The third-order valence-corrected chi connectivity index (χ3v) is 3.76. The van der Waals surface area contributed by atoms with Gasteiger partial charge in [-0.15, -0.1) is 0 Å². The van der Waals surface area contributed by atoms with Gasteiger partial charge < -0.3 is 20.5 Å². The van der Waals surface area contributed by atoms with E-state index in [9.17, 15) is 10.2 Å². The van der Waals surface area contributed by atoms with Crippen LogP contribution in [0.1, 0.15) is 6.42 Å². The summed E-state index contributed by atoms with van der Waals surface area (Å²) in [4.78, 5) is 12.2. The molecule has 3 rings (SSSR count). The molecule has 7 heteroatoms. The van der Waals surface area contributed by atoms with E-state index in [4.69, 9.17) is 5.73 Å². The molecule has 2 atom stereocenters. The summed E-state index contributed by atoms with van der Waals surface area (Å²) in [5, 5.41) is 18.7. The van der Waals surface area contributed by atoms with E-state index >= 15 is 0 Å². The van der Waals surface area contributed by atoms with Crippen LogP contribution in [0.5, 0.6) is 0 Å². The van der Waals surface area contributed by atoms with Crippen molar-refractivity contribution < 1.29 is 10.2 Å². The SMILES string of the molecule is Nc1ncc2ncn(C[C@]3(CO)C[C@H]3CO)c2n1. The van der Waals surface area contributed by atoms with Gasteiger partial charge in [0.15, 0.2) is 5.65 Å². The van der Waals surface area contributed by atoms with Crippen LogP contribution in [-0.4, -0.2) is 42.9 Å². The smallest absolute Gasteiger partial charge is 0.222 e. The summed E-state index contributed by atoms with van der Waals surface area (Å²) in [7, 11) is 0. The molecule has 96 valence electrons. The van der Waals surface area contributed by atoms with Gasteiger partial charge in [0.25, 0.3) is 0 Å². The fraction of sp³-hybridized carbons (Fsp3) is 0.545. The number of nitrogens with zero attached hydrogens (tertiary/aromatic N) is 4. The van der Waals surface area contributed by atoms with Crippen LogP contribution >= 0.6 is 0 Å². The number of anilines is 1. The Balaban J connectivity index is 1.93. The molecular weight excluding hydrogens is 234 g/mol. The monoisotopic (exact) mass is 249 g/mol. The van der Waals surface area contributed by atoms with Gasteiger partial charge in [0.2, 0.25) is 5.95 Å². The van der Waals surface area contributed by atoms with Gasteiger partial charge in [0.1, 0.15) is 5.52 Å². The number of hydrogen-bond donors (Lipinski definition) is 3. The van der Waals surface area contributed by atoms with Crippen molar-refractivity contribution in [2.75, 3.05) is 18.9 Å². The molecule has 1 fully saturated rings. The fourth-order valence-electron chi connectivity index (χ4n) is 2.45. The number of imidazole rings is 1. The maximum atomic E-state index is 9.48. The molecule has 0 saturated heterocycles. The van der Waals surface area contributed by atoms with Gasteiger partial charge in [-0.25, -0.2) is 9.97 Å². The average Bonchev–Trinajstić information content (AvgIpc) is 2.96. The lowest BCUT2D eigenvalue weighted by molar-refractivity contribution is 0.159. The van der Waals surface area contributed by atoms with Crippen LogP contribution in [0.3, 0.4) is 0 Å². The minimum atomic E-state index is -0.248. The molecule has 1 aliphatic carbocycles. The standard InChI is InChI=1S/C11H15N5O2/c12-10-13-2-8-9(15-10)16(6-14-8)4-11(5-18)1-7(11)3-17/h2,6-7,17-18H,1,3-5H2,(H2,12,13,15)/t7-,11-/m0/s1. The van der Waals surface area contributed by atoms with Crippen LogP contribution in [0.2, 0.25) is 0 Å². The molecular formula is C11H15N5O2. The Morgan fingerprint density at radius 2 is 2.28 bits per heavy atom. The lowest BCUT2D eigenvalue weighted by Gasteiger charge is -2.14. The number of aromatic nitrogens is 4. The molecule has 0 aliphatic heterocycles. The van der Waals surface area contributed by atoms with E-state index in [1.807, 2.05) is 4.57 Å². The molecule has 0 amide bonds. The van der Waals surface area contributed by atoms with E-state index in [2.05, 4.69) is 15.0 Å². The van der Waals surface area contributed by atoms with Crippen LogP contribution in [0.25, 0.3) is 11.2 Å². The highest BCUT2D eigenvalue weighted by atomic mass is 16.3. The number of aliphatic hydroxyl groups excluding tert-OH is 2. The second kappa shape index (κ2) is 3.89. The molecule has 1 aliphatic rings. The molecule has 0 unspecified atom stereocenters. The van der Waals surface area contributed by atoms with Gasteiger partial charge in [-0.05, 0) is 12.3 Å². The van der Waals surface area contributed by atoms with Gasteiger partial charge >= 0.3 is 0 Å². The van der Waals surface area contributed by atoms with Crippen LogP contribution in [0.15, 0.2) is 12.5 Å². The topological polar surface area (TPSA) is 110 Å². The first-order valence-electron chi connectivity index (χ1n) is 5.83. The van der Waals surface area contributed by atoms with E-state index in [1.165, 1.54) is 0 Å². The van der Waals surface area contributed by atoms with Crippen molar-refractivity contribution in [3.63, 3.8) is 0 Å². The van der Waals surface area contributed by atoms with Crippen molar-refractivity contribution in [1.29, 1.82) is 0 Å². The highest BCUT2D eigenvalue weighted by Crippen LogP contribution is 2.53. The maximum Gasteiger partial charge on any atom is 0.222 e. The molecule has 0 spiro atoms. The number of rotatable bonds is 4. The lowest BCUT2D eigenvalue weighted by atomic mass is 10.1. The molecule has 18 heavy (non-hydrogen) atoms. The van der Waals surface area contributed by atoms with Crippen molar-refractivity contribution in [3.05, 3.63) is 12.5 Å². The molecule has 2 heterocycles. The van der Waals surface area contributed by atoms with E-state index < -0.39 is 0 Å². The third-order valence-electron chi connectivity index (χ3n) is 3.76. The molecule has 0 radical (unpaired) electrons. The molecule has 1 saturated carbocycles. The molecule has 7 nitrogen and oxygen atoms in total. The van der Waals surface area contributed by atoms with Crippen molar-refractivity contribution in [1.82, 2.24) is 19.5 Å². The highest BCUT2D eigenvalue weighted by molar-refractivity contribution is 5.70. The normalized spacial score (nSPS) is 26.7. The van der Waals surface area contributed by atoms with Crippen molar-refractivity contribution in [2.24, 2.45) is 11.3 Å². The van der Waals surface area contributed by atoms with Gasteiger partial charge in [-0.1, -0.05) is 0 Å². The minimum absolute atomic E-state index is 0.0540. The van der Waals surface area contributed by atoms with Crippen molar-refractivity contribution in [2.45, 2.75) is 13.0 Å². The van der Waals surface area contributed by atoms with Crippen molar-refractivity contribution >= 4 is 17.1 Å². The number of nitrogens with two attached hydrogens (primary N) is 1. The van der Waals surface area contributed by atoms with Crippen LogP contribution < -0.4 is 5.73 Å². The van der Waals surface area contributed by atoms with Crippen LogP contribution in [0, 0.1) is 11.3 Å². The first-order valence-corrected chi connectivity index (χ1v) is 5.83.